The van der Waals surface area contributed by atoms with E-state index in [1.165, 1.54) is 38.5 Å². The number of aryl methyl sites for hydroxylation is 2. The van der Waals surface area contributed by atoms with Crippen LogP contribution in [0.15, 0.2) is 4.79 Å². The van der Waals surface area contributed by atoms with Gasteiger partial charge in [0.2, 0.25) is 0 Å². The lowest BCUT2D eigenvalue weighted by molar-refractivity contribution is 0.521. The molecule has 4 heteroatoms. The van der Waals surface area contributed by atoms with Gasteiger partial charge in [-0.3, -0.25) is 4.79 Å². The molecule has 0 bridgehead atoms. The summed E-state index contributed by atoms with van der Waals surface area (Å²) >= 11 is 0. The van der Waals surface area contributed by atoms with Gasteiger partial charge in [-0.15, -0.1) is 0 Å². The third-order valence-corrected chi connectivity index (χ3v) is 3.68. The van der Waals surface area contributed by atoms with Gasteiger partial charge in [0.25, 0.3) is 5.56 Å². The second-order valence-electron chi connectivity index (χ2n) is 5.59. The fraction of sp³-hybridized carbons (Fsp3) is 0.750. The number of H-pyrrole nitrogens is 1. The molecule has 1 rings (SSSR count). The summed E-state index contributed by atoms with van der Waals surface area (Å²) in [6.45, 7) is 8.94. The minimum absolute atomic E-state index is 0.0158. The van der Waals surface area contributed by atoms with Gasteiger partial charge in [0.05, 0.1) is 5.56 Å². The third kappa shape index (κ3) is 5.45. The normalized spacial score (nSPS) is 12.6. The summed E-state index contributed by atoms with van der Waals surface area (Å²) < 4.78 is 0. The second kappa shape index (κ2) is 8.90. The third-order valence-electron chi connectivity index (χ3n) is 3.68. The lowest BCUT2D eigenvalue weighted by atomic mass is 10.1. The van der Waals surface area contributed by atoms with Gasteiger partial charge in [0.1, 0.15) is 5.82 Å². The van der Waals surface area contributed by atoms with E-state index in [0.29, 0.717) is 5.82 Å². The van der Waals surface area contributed by atoms with Crippen LogP contribution in [0.3, 0.4) is 0 Å². The van der Waals surface area contributed by atoms with Crippen molar-refractivity contribution in [1.82, 2.24) is 15.3 Å². The van der Waals surface area contributed by atoms with Crippen molar-refractivity contribution in [2.45, 2.75) is 72.3 Å². The molecule has 1 heterocycles. The van der Waals surface area contributed by atoms with Gasteiger partial charge in [-0.05, 0) is 33.7 Å². The SMILES string of the molecule is CCCCCCCCNC(C)c1c(C)nc(C)[nH]c1=O. The maximum atomic E-state index is 12.0. The number of aromatic nitrogens is 2. The van der Waals surface area contributed by atoms with E-state index in [0.717, 1.165) is 17.8 Å². The van der Waals surface area contributed by atoms with E-state index in [1.807, 2.05) is 20.8 Å². The fourth-order valence-corrected chi connectivity index (χ4v) is 2.57. The monoisotopic (exact) mass is 279 g/mol. The minimum atomic E-state index is -0.0158. The highest BCUT2D eigenvalue weighted by atomic mass is 16.1. The van der Waals surface area contributed by atoms with Crippen LogP contribution in [0.1, 0.15) is 75.5 Å². The quantitative estimate of drug-likeness (QED) is 0.681. The summed E-state index contributed by atoms with van der Waals surface area (Å²) in [4.78, 5) is 19.1. The molecule has 0 aliphatic carbocycles. The molecule has 20 heavy (non-hydrogen) atoms. The molecule has 0 aliphatic rings. The average Bonchev–Trinajstić information content (AvgIpc) is 2.36. The minimum Gasteiger partial charge on any atom is -0.310 e. The van der Waals surface area contributed by atoms with E-state index in [2.05, 4.69) is 22.2 Å². The van der Waals surface area contributed by atoms with Crippen molar-refractivity contribution >= 4 is 0 Å². The fourth-order valence-electron chi connectivity index (χ4n) is 2.57. The zero-order valence-corrected chi connectivity index (χ0v) is 13.4. The molecule has 0 aromatic carbocycles. The summed E-state index contributed by atoms with van der Waals surface area (Å²) in [5.74, 6) is 0.680. The molecule has 1 unspecified atom stereocenters. The Morgan fingerprint density at radius 2 is 1.80 bits per heavy atom. The summed E-state index contributed by atoms with van der Waals surface area (Å²) in [6.07, 6.45) is 7.72. The first-order chi connectivity index (χ1) is 9.56. The molecule has 114 valence electrons. The summed E-state index contributed by atoms with van der Waals surface area (Å²) in [7, 11) is 0. The van der Waals surface area contributed by atoms with Gasteiger partial charge in [0, 0.05) is 11.7 Å². The van der Waals surface area contributed by atoms with Gasteiger partial charge >= 0.3 is 0 Å². The van der Waals surface area contributed by atoms with Crippen molar-refractivity contribution in [2.24, 2.45) is 0 Å². The summed E-state index contributed by atoms with van der Waals surface area (Å²) in [5.41, 5.74) is 1.58. The predicted molar refractivity (Wildman–Crippen MR) is 84.1 cm³/mol. The number of unbranched alkanes of at least 4 members (excludes halogenated alkanes) is 5. The molecule has 1 aromatic heterocycles. The smallest absolute Gasteiger partial charge is 0.255 e. The Morgan fingerprint density at radius 1 is 1.15 bits per heavy atom. The molecule has 0 spiro atoms. The molecular formula is C16H29N3O. The molecule has 2 N–H and O–H groups in total. The molecule has 0 fully saturated rings. The Balaban J connectivity index is 2.36. The number of nitrogens with zero attached hydrogens (tertiary/aromatic N) is 1. The van der Waals surface area contributed by atoms with E-state index < -0.39 is 0 Å². The van der Waals surface area contributed by atoms with Crippen molar-refractivity contribution < 1.29 is 0 Å². The van der Waals surface area contributed by atoms with Crippen molar-refractivity contribution in [3.8, 4) is 0 Å². The molecule has 0 aliphatic heterocycles. The maximum absolute atomic E-state index is 12.0. The number of hydrogen-bond donors (Lipinski definition) is 2. The van der Waals surface area contributed by atoms with Gasteiger partial charge in [-0.1, -0.05) is 39.0 Å². The molecule has 1 atom stereocenters. The maximum Gasteiger partial charge on any atom is 0.255 e. The van der Waals surface area contributed by atoms with Crippen LogP contribution in [-0.4, -0.2) is 16.5 Å². The van der Waals surface area contributed by atoms with Crippen molar-refractivity contribution in [3.05, 3.63) is 27.4 Å². The van der Waals surface area contributed by atoms with Crippen molar-refractivity contribution in [3.63, 3.8) is 0 Å². The van der Waals surface area contributed by atoms with Gasteiger partial charge < -0.3 is 10.3 Å². The Morgan fingerprint density at radius 3 is 2.45 bits per heavy atom. The zero-order chi connectivity index (χ0) is 15.0. The van der Waals surface area contributed by atoms with Gasteiger partial charge in [-0.2, -0.15) is 0 Å². The molecule has 0 saturated carbocycles. The lowest BCUT2D eigenvalue weighted by Gasteiger charge is -2.15. The first kappa shape index (κ1) is 16.9. The van der Waals surface area contributed by atoms with Crippen LogP contribution >= 0.6 is 0 Å². The highest BCUT2D eigenvalue weighted by Gasteiger charge is 2.13. The van der Waals surface area contributed by atoms with E-state index in [-0.39, 0.29) is 11.6 Å². The summed E-state index contributed by atoms with van der Waals surface area (Å²) in [6, 6.07) is 0.0579. The van der Waals surface area contributed by atoms with Crippen LogP contribution in [0.4, 0.5) is 0 Å². The van der Waals surface area contributed by atoms with Crippen molar-refractivity contribution in [1.29, 1.82) is 0 Å². The topological polar surface area (TPSA) is 57.8 Å². The van der Waals surface area contributed by atoms with Gasteiger partial charge in [0.15, 0.2) is 0 Å². The number of hydrogen-bond acceptors (Lipinski definition) is 3. The highest BCUT2D eigenvalue weighted by molar-refractivity contribution is 5.19. The van der Waals surface area contributed by atoms with Crippen LogP contribution in [0.25, 0.3) is 0 Å². The van der Waals surface area contributed by atoms with E-state index in [1.54, 1.807) is 0 Å². The summed E-state index contributed by atoms with van der Waals surface area (Å²) in [5, 5.41) is 3.43. The van der Waals surface area contributed by atoms with E-state index in [4.69, 9.17) is 0 Å². The average molecular weight is 279 g/mol. The zero-order valence-electron chi connectivity index (χ0n) is 13.4. The van der Waals surface area contributed by atoms with Crippen LogP contribution in [0.2, 0.25) is 0 Å². The van der Waals surface area contributed by atoms with E-state index in [9.17, 15) is 4.79 Å². The van der Waals surface area contributed by atoms with E-state index >= 15 is 0 Å². The standard InChI is InChI=1S/C16H29N3O/c1-5-6-7-8-9-10-11-17-12(2)15-13(3)18-14(4)19-16(15)20/h12,17H,5-11H2,1-4H3,(H,18,19,20). The first-order valence-corrected chi connectivity index (χ1v) is 7.87. The van der Waals surface area contributed by atoms with Crippen molar-refractivity contribution in [2.75, 3.05) is 6.54 Å². The highest BCUT2D eigenvalue weighted by Crippen LogP contribution is 2.11. The Labute approximate surface area is 122 Å². The predicted octanol–water partition coefficient (Wildman–Crippen LogP) is 3.40. The van der Waals surface area contributed by atoms with Gasteiger partial charge in [-0.25, -0.2) is 4.98 Å². The van der Waals surface area contributed by atoms with Crippen LogP contribution in [-0.2, 0) is 0 Å². The first-order valence-electron chi connectivity index (χ1n) is 7.87. The molecular weight excluding hydrogens is 250 g/mol. The molecule has 0 amide bonds. The molecule has 0 radical (unpaired) electrons. The largest absolute Gasteiger partial charge is 0.310 e. The number of nitrogens with one attached hydrogen (secondary N) is 2. The van der Waals surface area contributed by atoms with Crippen LogP contribution in [0.5, 0.6) is 0 Å². The Hall–Kier alpha value is -1.16. The Bertz CT molecular complexity index is 454. The second-order valence-corrected chi connectivity index (χ2v) is 5.59. The number of rotatable bonds is 9. The van der Waals surface area contributed by atoms with Crippen LogP contribution < -0.4 is 10.9 Å². The number of aromatic amines is 1. The molecule has 1 aromatic rings. The van der Waals surface area contributed by atoms with Crippen LogP contribution in [0, 0.1) is 13.8 Å². The lowest BCUT2D eigenvalue weighted by Crippen LogP contribution is -2.28. The molecule has 4 nitrogen and oxygen atoms in total. The Kier molecular flexibility index (Phi) is 7.52. The molecule has 0 saturated heterocycles.